The van der Waals surface area contributed by atoms with Crippen molar-refractivity contribution < 1.29 is 0 Å². The zero-order valence-electron chi connectivity index (χ0n) is 10.8. The van der Waals surface area contributed by atoms with E-state index in [0.29, 0.717) is 11.4 Å². The molecule has 0 aromatic carbocycles. The Balaban J connectivity index is 2.19. The minimum atomic E-state index is 0.346. The van der Waals surface area contributed by atoms with Gasteiger partial charge in [-0.2, -0.15) is 0 Å². The van der Waals surface area contributed by atoms with Crippen molar-refractivity contribution in [2.45, 2.75) is 57.4 Å². The number of likely N-dealkylation sites (N-methyl/N-ethyl adjacent to an activating group) is 1. The molecule has 2 nitrogen and oxygen atoms in total. The minimum absolute atomic E-state index is 0.346. The molecule has 1 fully saturated rings. The highest BCUT2D eigenvalue weighted by molar-refractivity contribution is 6.21. The second-order valence-corrected chi connectivity index (χ2v) is 5.30. The molecule has 1 saturated carbocycles. The summed E-state index contributed by atoms with van der Waals surface area (Å²) < 4.78 is 0. The number of nitrogens with zero attached hydrogens (tertiary/aromatic N) is 1. The molecule has 1 N–H and O–H groups in total. The maximum atomic E-state index is 6.39. The lowest BCUT2D eigenvalue weighted by atomic mass is 10.1. The summed E-state index contributed by atoms with van der Waals surface area (Å²) in [5.41, 5.74) is 0. The first-order valence-corrected chi connectivity index (χ1v) is 7.31. The standard InChI is InChI=1S/C13H27ClN2/c1-3-16(4-2)11-10-15-13-9-7-5-6-8-12(13)14/h12-13,15H,3-11H2,1-2H3. The quantitative estimate of drug-likeness (QED) is 0.573. The molecule has 2 unspecified atom stereocenters. The van der Waals surface area contributed by atoms with Gasteiger partial charge in [0.2, 0.25) is 0 Å². The molecule has 0 heterocycles. The number of hydrogen-bond donors (Lipinski definition) is 1. The van der Waals surface area contributed by atoms with Crippen molar-refractivity contribution in [1.29, 1.82) is 0 Å². The Bertz CT molecular complexity index is 171. The lowest BCUT2D eigenvalue weighted by Gasteiger charge is -2.24. The van der Waals surface area contributed by atoms with Crippen LogP contribution in [0.2, 0.25) is 0 Å². The van der Waals surface area contributed by atoms with Crippen LogP contribution in [0.4, 0.5) is 0 Å². The maximum absolute atomic E-state index is 6.39. The molecule has 2 atom stereocenters. The predicted molar refractivity (Wildman–Crippen MR) is 72.3 cm³/mol. The molecule has 0 spiro atoms. The molecule has 0 bridgehead atoms. The molecule has 1 aliphatic carbocycles. The normalized spacial score (nSPS) is 27.0. The van der Waals surface area contributed by atoms with Crippen molar-refractivity contribution in [1.82, 2.24) is 10.2 Å². The average Bonchev–Trinajstić information content (AvgIpc) is 2.50. The van der Waals surface area contributed by atoms with E-state index in [1.165, 1.54) is 32.1 Å². The van der Waals surface area contributed by atoms with Gasteiger partial charge in [-0.15, -0.1) is 11.6 Å². The second kappa shape index (κ2) is 8.32. The highest BCUT2D eigenvalue weighted by atomic mass is 35.5. The van der Waals surface area contributed by atoms with Gasteiger partial charge >= 0.3 is 0 Å². The van der Waals surface area contributed by atoms with E-state index in [-0.39, 0.29) is 0 Å². The number of alkyl halides is 1. The van der Waals surface area contributed by atoms with Crippen molar-refractivity contribution in [2.24, 2.45) is 0 Å². The van der Waals surface area contributed by atoms with Crippen LogP contribution >= 0.6 is 11.6 Å². The van der Waals surface area contributed by atoms with E-state index in [0.717, 1.165) is 26.2 Å². The lowest BCUT2D eigenvalue weighted by Crippen LogP contribution is -2.41. The largest absolute Gasteiger partial charge is 0.311 e. The summed E-state index contributed by atoms with van der Waals surface area (Å²) in [6.45, 7) is 8.96. The zero-order valence-corrected chi connectivity index (χ0v) is 11.6. The van der Waals surface area contributed by atoms with E-state index in [2.05, 4.69) is 24.1 Å². The van der Waals surface area contributed by atoms with Gasteiger partial charge < -0.3 is 10.2 Å². The predicted octanol–water partition coefficient (Wildman–Crippen LogP) is 2.86. The summed E-state index contributed by atoms with van der Waals surface area (Å²) in [6.07, 6.45) is 6.45. The third-order valence-corrected chi connectivity index (χ3v) is 4.18. The van der Waals surface area contributed by atoms with Crippen molar-refractivity contribution >= 4 is 11.6 Å². The zero-order chi connectivity index (χ0) is 11.8. The van der Waals surface area contributed by atoms with Crippen LogP contribution in [0.25, 0.3) is 0 Å². The molecule has 0 aliphatic heterocycles. The Morgan fingerprint density at radius 1 is 1.12 bits per heavy atom. The van der Waals surface area contributed by atoms with Crippen molar-refractivity contribution in [3.63, 3.8) is 0 Å². The average molecular weight is 247 g/mol. The van der Waals surface area contributed by atoms with Crippen molar-refractivity contribution in [2.75, 3.05) is 26.2 Å². The van der Waals surface area contributed by atoms with E-state index < -0.39 is 0 Å². The van der Waals surface area contributed by atoms with Gasteiger partial charge in [-0.3, -0.25) is 0 Å². The molecule has 96 valence electrons. The monoisotopic (exact) mass is 246 g/mol. The Morgan fingerprint density at radius 2 is 1.81 bits per heavy atom. The SMILES string of the molecule is CCN(CC)CCNC1CCCCCC1Cl. The second-order valence-electron chi connectivity index (χ2n) is 4.74. The van der Waals surface area contributed by atoms with Crippen LogP contribution in [0.5, 0.6) is 0 Å². The van der Waals surface area contributed by atoms with Gasteiger partial charge in [-0.1, -0.05) is 33.1 Å². The molecule has 0 amide bonds. The number of rotatable bonds is 6. The van der Waals surface area contributed by atoms with Crippen LogP contribution in [0.1, 0.15) is 46.0 Å². The molecule has 16 heavy (non-hydrogen) atoms. The van der Waals surface area contributed by atoms with E-state index in [1.54, 1.807) is 0 Å². The molecular formula is C13H27ClN2. The van der Waals surface area contributed by atoms with E-state index in [4.69, 9.17) is 11.6 Å². The van der Waals surface area contributed by atoms with Crippen LogP contribution in [0, 0.1) is 0 Å². The highest BCUT2D eigenvalue weighted by Gasteiger charge is 2.20. The molecule has 3 heteroatoms. The van der Waals surface area contributed by atoms with E-state index >= 15 is 0 Å². The van der Waals surface area contributed by atoms with Gasteiger partial charge in [0.1, 0.15) is 0 Å². The van der Waals surface area contributed by atoms with Crippen molar-refractivity contribution in [3.05, 3.63) is 0 Å². The lowest BCUT2D eigenvalue weighted by molar-refractivity contribution is 0.293. The highest BCUT2D eigenvalue weighted by Crippen LogP contribution is 2.22. The fraction of sp³-hybridized carbons (Fsp3) is 1.00. The Kier molecular flexibility index (Phi) is 7.42. The van der Waals surface area contributed by atoms with E-state index in [9.17, 15) is 0 Å². The summed E-state index contributed by atoms with van der Waals surface area (Å²) in [6, 6.07) is 0.541. The van der Waals surface area contributed by atoms with Crippen LogP contribution in [-0.2, 0) is 0 Å². The number of hydrogen-bond acceptors (Lipinski definition) is 2. The first kappa shape index (κ1) is 14.3. The van der Waals surface area contributed by atoms with Gasteiger partial charge in [0.05, 0.1) is 0 Å². The Labute approximate surface area is 106 Å². The number of nitrogens with one attached hydrogen (secondary N) is 1. The molecular weight excluding hydrogens is 220 g/mol. The third-order valence-electron chi connectivity index (χ3n) is 3.66. The van der Waals surface area contributed by atoms with Gasteiger partial charge in [0, 0.05) is 24.5 Å². The smallest absolute Gasteiger partial charge is 0.0489 e. The first-order chi connectivity index (χ1) is 7.77. The van der Waals surface area contributed by atoms with Gasteiger partial charge in [0.15, 0.2) is 0 Å². The van der Waals surface area contributed by atoms with Gasteiger partial charge in [-0.05, 0) is 25.9 Å². The van der Waals surface area contributed by atoms with Crippen LogP contribution in [-0.4, -0.2) is 42.5 Å². The molecule has 0 aromatic rings. The Hall–Kier alpha value is 0.210. The first-order valence-electron chi connectivity index (χ1n) is 6.87. The van der Waals surface area contributed by atoms with Crippen LogP contribution in [0.3, 0.4) is 0 Å². The van der Waals surface area contributed by atoms with Crippen molar-refractivity contribution in [3.8, 4) is 0 Å². The van der Waals surface area contributed by atoms with Crippen LogP contribution < -0.4 is 5.32 Å². The summed E-state index contributed by atoms with van der Waals surface area (Å²) in [4.78, 5) is 2.45. The fourth-order valence-electron chi connectivity index (χ4n) is 2.44. The Morgan fingerprint density at radius 3 is 2.50 bits per heavy atom. The van der Waals surface area contributed by atoms with Gasteiger partial charge in [0.25, 0.3) is 0 Å². The minimum Gasteiger partial charge on any atom is -0.311 e. The molecule has 1 aliphatic rings. The fourth-order valence-corrected chi connectivity index (χ4v) is 2.81. The molecule has 0 aromatic heterocycles. The maximum Gasteiger partial charge on any atom is 0.0489 e. The van der Waals surface area contributed by atoms with Gasteiger partial charge in [-0.25, -0.2) is 0 Å². The third kappa shape index (κ3) is 5.03. The van der Waals surface area contributed by atoms with E-state index in [1.807, 2.05) is 0 Å². The summed E-state index contributed by atoms with van der Waals surface area (Å²) >= 11 is 6.39. The topological polar surface area (TPSA) is 15.3 Å². The van der Waals surface area contributed by atoms with Crippen LogP contribution in [0.15, 0.2) is 0 Å². The summed E-state index contributed by atoms with van der Waals surface area (Å²) in [7, 11) is 0. The summed E-state index contributed by atoms with van der Waals surface area (Å²) in [5.74, 6) is 0. The summed E-state index contributed by atoms with van der Waals surface area (Å²) in [5, 5.41) is 3.98. The number of halogens is 1. The molecule has 0 radical (unpaired) electrons. The molecule has 0 saturated heterocycles. The molecule has 1 rings (SSSR count).